The molecule has 2 aromatic rings. The van der Waals surface area contributed by atoms with E-state index in [1.54, 1.807) is 25.1 Å². The van der Waals surface area contributed by atoms with Gasteiger partial charge in [0.25, 0.3) is 5.91 Å². The van der Waals surface area contributed by atoms with Gasteiger partial charge < -0.3 is 16.0 Å². The molecule has 0 heterocycles. The molecule has 0 aliphatic carbocycles. The van der Waals surface area contributed by atoms with E-state index in [0.29, 0.717) is 42.6 Å². The SMILES string of the molecule is CCCNC(=O)c1cccc(CN=C(NCC)NCc2ccc(S(C)(=O)=O)c(C)c2)c1. The van der Waals surface area contributed by atoms with Crippen molar-refractivity contribution in [2.24, 2.45) is 4.99 Å². The van der Waals surface area contributed by atoms with Crippen LogP contribution in [0.4, 0.5) is 0 Å². The average molecular weight is 445 g/mol. The van der Waals surface area contributed by atoms with E-state index in [0.717, 1.165) is 23.1 Å². The molecule has 8 heteroatoms. The minimum absolute atomic E-state index is 0.0781. The molecule has 2 rings (SSSR count). The molecule has 0 aliphatic heterocycles. The zero-order valence-electron chi connectivity index (χ0n) is 18.7. The number of aryl methyl sites for hydroxylation is 1. The number of hydrogen-bond donors (Lipinski definition) is 3. The number of carbonyl (C=O) groups excluding carboxylic acids is 1. The van der Waals surface area contributed by atoms with Crippen LogP contribution in [0.3, 0.4) is 0 Å². The molecule has 7 nitrogen and oxygen atoms in total. The Kier molecular flexibility index (Phi) is 9.05. The standard InChI is InChI=1S/C23H32N4O3S/c1-5-12-25-22(28)20-9-7-8-18(14-20)15-26-23(24-6-2)27-16-19-10-11-21(17(3)13-19)31(4,29)30/h7-11,13-14H,5-6,12,15-16H2,1-4H3,(H,25,28)(H2,24,26,27). The first-order valence-corrected chi connectivity index (χ1v) is 12.3. The number of amides is 1. The summed E-state index contributed by atoms with van der Waals surface area (Å²) in [7, 11) is -3.23. The predicted octanol–water partition coefficient (Wildman–Crippen LogP) is 2.79. The Morgan fingerprint density at radius 1 is 1.00 bits per heavy atom. The molecule has 0 radical (unpaired) electrons. The molecule has 0 spiro atoms. The van der Waals surface area contributed by atoms with Crippen molar-refractivity contribution >= 4 is 21.7 Å². The maximum absolute atomic E-state index is 12.2. The molecule has 0 aliphatic rings. The fraction of sp³-hybridized carbons (Fsp3) is 0.391. The molecule has 0 unspecified atom stereocenters. The molecule has 31 heavy (non-hydrogen) atoms. The number of rotatable bonds is 9. The van der Waals surface area contributed by atoms with E-state index in [4.69, 9.17) is 0 Å². The number of hydrogen-bond acceptors (Lipinski definition) is 4. The highest BCUT2D eigenvalue weighted by molar-refractivity contribution is 7.90. The van der Waals surface area contributed by atoms with E-state index < -0.39 is 9.84 Å². The van der Waals surface area contributed by atoms with Gasteiger partial charge in [-0.2, -0.15) is 0 Å². The number of sulfone groups is 1. The summed E-state index contributed by atoms with van der Waals surface area (Å²) in [5, 5.41) is 9.35. The van der Waals surface area contributed by atoms with Crippen LogP contribution in [0.2, 0.25) is 0 Å². The van der Waals surface area contributed by atoms with Crippen molar-refractivity contribution in [3.8, 4) is 0 Å². The van der Waals surface area contributed by atoms with Gasteiger partial charge in [0.15, 0.2) is 15.8 Å². The Hall–Kier alpha value is -2.87. The van der Waals surface area contributed by atoms with E-state index in [2.05, 4.69) is 20.9 Å². The second-order valence-electron chi connectivity index (χ2n) is 7.38. The van der Waals surface area contributed by atoms with Gasteiger partial charge in [0.05, 0.1) is 11.4 Å². The summed E-state index contributed by atoms with van der Waals surface area (Å²) < 4.78 is 23.6. The van der Waals surface area contributed by atoms with Crippen LogP contribution in [0.15, 0.2) is 52.4 Å². The Morgan fingerprint density at radius 2 is 1.77 bits per heavy atom. The van der Waals surface area contributed by atoms with E-state index in [-0.39, 0.29) is 5.91 Å². The summed E-state index contributed by atoms with van der Waals surface area (Å²) in [6.45, 7) is 8.09. The lowest BCUT2D eigenvalue weighted by Crippen LogP contribution is -2.36. The summed E-state index contributed by atoms with van der Waals surface area (Å²) in [6, 6.07) is 12.8. The van der Waals surface area contributed by atoms with Gasteiger partial charge in [0, 0.05) is 31.5 Å². The lowest BCUT2D eigenvalue weighted by atomic mass is 10.1. The van der Waals surface area contributed by atoms with Crippen LogP contribution in [0.5, 0.6) is 0 Å². The first kappa shape index (κ1) is 24.4. The van der Waals surface area contributed by atoms with Gasteiger partial charge in [-0.05, 0) is 55.2 Å². The quantitative estimate of drug-likeness (QED) is 0.408. The molecule has 0 atom stereocenters. The van der Waals surface area contributed by atoms with E-state index >= 15 is 0 Å². The van der Waals surface area contributed by atoms with Gasteiger partial charge in [-0.25, -0.2) is 13.4 Å². The lowest BCUT2D eigenvalue weighted by molar-refractivity contribution is 0.0953. The largest absolute Gasteiger partial charge is 0.357 e. The number of benzene rings is 2. The van der Waals surface area contributed by atoms with E-state index in [1.807, 2.05) is 38.1 Å². The zero-order valence-corrected chi connectivity index (χ0v) is 19.5. The number of aliphatic imine (C=N–C) groups is 1. The van der Waals surface area contributed by atoms with Gasteiger partial charge in [-0.1, -0.05) is 31.2 Å². The Labute approximate surface area is 185 Å². The van der Waals surface area contributed by atoms with Crippen molar-refractivity contribution in [3.05, 3.63) is 64.7 Å². The van der Waals surface area contributed by atoms with Gasteiger partial charge in [-0.15, -0.1) is 0 Å². The molecule has 0 saturated heterocycles. The van der Waals surface area contributed by atoms with E-state index in [9.17, 15) is 13.2 Å². The minimum Gasteiger partial charge on any atom is -0.357 e. The minimum atomic E-state index is -3.23. The van der Waals surface area contributed by atoms with Crippen molar-refractivity contribution in [1.82, 2.24) is 16.0 Å². The van der Waals surface area contributed by atoms with Crippen LogP contribution in [0.25, 0.3) is 0 Å². The first-order chi connectivity index (χ1) is 14.7. The molecule has 0 bridgehead atoms. The molecular formula is C23H32N4O3S. The third-order valence-corrected chi connectivity index (χ3v) is 5.84. The van der Waals surface area contributed by atoms with Gasteiger partial charge >= 0.3 is 0 Å². The Balaban J connectivity index is 2.06. The molecule has 0 fully saturated rings. The van der Waals surface area contributed by atoms with Crippen LogP contribution >= 0.6 is 0 Å². The summed E-state index contributed by atoms with van der Waals surface area (Å²) in [5.41, 5.74) is 3.25. The number of nitrogens with zero attached hydrogens (tertiary/aromatic N) is 1. The Bertz CT molecular complexity index is 1030. The number of carbonyl (C=O) groups is 1. The lowest BCUT2D eigenvalue weighted by Gasteiger charge is -2.13. The van der Waals surface area contributed by atoms with Gasteiger partial charge in [0.1, 0.15) is 0 Å². The van der Waals surface area contributed by atoms with Crippen LogP contribution in [-0.2, 0) is 22.9 Å². The first-order valence-electron chi connectivity index (χ1n) is 10.4. The van der Waals surface area contributed by atoms with Crippen LogP contribution < -0.4 is 16.0 Å². The second-order valence-corrected chi connectivity index (χ2v) is 9.36. The molecule has 1 amide bonds. The topological polar surface area (TPSA) is 99.7 Å². The number of nitrogens with one attached hydrogen (secondary N) is 3. The maximum atomic E-state index is 12.2. The molecule has 3 N–H and O–H groups in total. The van der Waals surface area contributed by atoms with Crippen molar-refractivity contribution in [1.29, 1.82) is 0 Å². The van der Waals surface area contributed by atoms with Crippen molar-refractivity contribution in [2.45, 2.75) is 45.2 Å². The van der Waals surface area contributed by atoms with Crippen molar-refractivity contribution < 1.29 is 13.2 Å². The fourth-order valence-corrected chi connectivity index (χ4v) is 4.05. The second kappa shape index (κ2) is 11.5. The van der Waals surface area contributed by atoms with Gasteiger partial charge in [0.2, 0.25) is 0 Å². The fourth-order valence-electron chi connectivity index (χ4n) is 3.09. The molecule has 0 aromatic heterocycles. The zero-order chi connectivity index (χ0) is 22.9. The smallest absolute Gasteiger partial charge is 0.251 e. The average Bonchev–Trinajstić information content (AvgIpc) is 2.73. The number of guanidine groups is 1. The van der Waals surface area contributed by atoms with Gasteiger partial charge in [-0.3, -0.25) is 4.79 Å². The predicted molar refractivity (Wildman–Crippen MR) is 125 cm³/mol. The molecule has 0 saturated carbocycles. The third kappa shape index (κ3) is 7.71. The van der Waals surface area contributed by atoms with Crippen molar-refractivity contribution in [3.63, 3.8) is 0 Å². The third-order valence-electron chi connectivity index (χ3n) is 4.59. The summed E-state index contributed by atoms with van der Waals surface area (Å²) >= 11 is 0. The molecule has 2 aromatic carbocycles. The summed E-state index contributed by atoms with van der Waals surface area (Å²) in [5.74, 6) is 0.568. The van der Waals surface area contributed by atoms with Crippen LogP contribution in [0.1, 0.15) is 47.3 Å². The highest BCUT2D eigenvalue weighted by atomic mass is 32.2. The summed E-state index contributed by atoms with van der Waals surface area (Å²) in [6.07, 6.45) is 2.11. The highest BCUT2D eigenvalue weighted by Gasteiger charge is 2.11. The molecular weight excluding hydrogens is 412 g/mol. The van der Waals surface area contributed by atoms with Crippen molar-refractivity contribution in [2.75, 3.05) is 19.3 Å². The monoisotopic (exact) mass is 444 g/mol. The van der Waals surface area contributed by atoms with Crippen LogP contribution in [0, 0.1) is 6.92 Å². The Morgan fingerprint density at radius 3 is 2.42 bits per heavy atom. The maximum Gasteiger partial charge on any atom is 0.251 e. The highest BCUT2D eigenvalue weighted by Crippen LogP contribution is 2.16. The summed E-state index contributed by atoms with van der Waals surface area (Å²) in [4.78, 5) is 17.1. The van der Waals surface area contributed by atoms with E-state index in [1.165, 1.54) is 6.26 Å². The molecule has 168 valence electrons. The normalized spacial score (nSPS) is 11.8. The van der Waals surface area contributed by atoms with Crippen LogP contribution in [-0.4, -0.2) is 39.6 Å².